The fraction of sp³-hybridized carbons (Fsp3) is 0.294. The van der Waals surface area contributed by atoms with E-state index in [1.54, 1.807) is 13.2 Å². The number of halogens is 2. The maximum absolute atomic E-state index is 13.2. The van der Waals surface area contributed by atoms with E-state index in [2.05, 4.69) is 15.9 Å². The van der Waals surface area contributed by atoms with Crippen LogP contribution in [0.15, 0.2) is 46.9 Å². The topological polar surface area (TPSA) is 29.5 Å². The molecule has 2 aromatic rings. The highest BCUT2D eigenvalue weighted by Crippen LogP contribution is 2.26. The van der Waals surface area contributed by atoms with Gasteiger partial charge in [-0.05, 0) is 60.2 Å². The Morgan fingerprint density at radius 2 is 2.00 bits per heavy atom. The Balaban J connectivity index is 2.14. The van der Waals surface area contributed by atoms with Crippen molar-refractivity contribution in [2.45, 2.75) is 12.8 Å². The fourth-order valence-corrected chi connectivity index (χ4v) is 2.82. The van der Waals surface area contributed by atoms with Crippen molar-refractivity contribution in [3.8, 4) is 5.75 Å². The third-order valence-corrected chi connectivity index (χ3v) is 3.92. The average molecular weight is 353 g/mol. The summed E-state index contributed by atoms with van der Waals surface area (Å²) in [5.41, 5.74) is 1.92. The average Bonchev–Trinajstić information content (AvgIpc) is 2.47. The smallest absolute Gasteiger partial charge is 0.123 e. The predicted molar refractivity (Wildman–Crippen MR) is 85.1 cm³/mol. The van der Waals surface area contributed by atoms with E-state index in [-0.39, 0.29) is 18.3 Å². The Labute approximate surface area is 132 Å². The highest BCUT2D eigenvalue weighted by Gasteiger charge is 2.13. The summed E-state index contributed by atoms with van der Waals surface area (Å²) >= 11 is 3.45. The molecule has 0 aliphatic carbocycles. The minimum atomic E-state index is -0.246. The Bertz CT molecular complexity index is 601. The molecule has 0 fully saturated rings. The second-order valence-corrected chi connectivity index (χ2v) is 5.96. The van der Waals surface area contributed by atoms with Crippen LogP contribution in [0.1, 0.15) is 11.1 Å². The van der Waals surface area contributed by atoms with Gasteiger partial charge in [-0.2, -0.15) is 0 Å². The lowest BCUT2D eigenvalue weighted by molar-refractivity contribution is 0.224. The van der Waals surface area contributed by atoms with Crippen LogP contribution in [0, 0.1) is 11.7 Å². The van der Waals surface area contributed by atoms with Crippen molar-refractivity contribution in [3.63, 3.8) is 0 Å². The van der Waals surface area contributed by atoms with Crippen LogP contribution in [-0.4, -0.2) is 18.8 Å². The van der Waals surface area contributed by atoms with Crippen molar-refractivity contribution >= 4 is 15.9 Å². The number of rotatable bonds is 6. The van der Waals surface area contributed by atoms with Gasteiger partial charge in [0, 0.05) is 11.1 Å². The molecule has 21 heavy (non-hydrogen) atoms. The van der Waals surface area contributed by atoms with Gasteiger partial charge in [0.1, 0.15) is 11.6 Å². The number of hydrogen-bond acceptors (Lipinski definition) is 2. The number of aliphatic hydroxyl groups is 1. The van der Waals surface area contributed by atoms with E-state index in [1.165, 1.54) is 12.1 Å². The first-order valence-electron chi connectivity index (χ1n) is 6.80. The van der Waals surface area contributed by atoms with Gasteiger partial charge >= 0.3 is 0 Å². The number of methoxy groups -OCH3 is 1. The summed E-state index contributed by atoms with van der Waals surface area (Å²) in [5, 5.41) is 9.60. The van der Waals surface area contributed by atoms with Gasteiger partial charge in [-0.1, -0.05) is 28.1 Å². The summed E-state index contributed by atoms with van der Waals surface area (Å²) in [4.78, 5) is 0. The number of hydrogen-bond donors (Lipinski definition) is 1. The van der Waals surface area contributed by atoms with Gasteiger partial charge in [0.2, 0.25) is 0 Å². The Kier molecular flexibility index (Phi) is 5.76. The molecule has 0 bridgehead atoms. The van der Waals surface area contributed by atoms with Gasteiger partial charge in [0.05, 0.1) is 7.11 Å². The molecule has 0 aliphatic heterocycles. The van der Waals surface area contributed by atoms with Crippen LogP contribution in [0.2, 0.25) is 0 Å². The van der Waals surface area contributed by atoms with E-state index in [4.69, 9.17) is 4.74 Å². The SMILES string of the molecule is COc1ccc(Br)cc1CC(CO)Cc1cccc(F)c1. The molecule has 0 aromatic heterocycles. The lowest BCUT2D eigenvalue weighted by Crippen LogP contribution is -2.13. The summed E-state index contributed by atoms with van der Waals surface area (Å²) in [7, 11) is 1.63. The normalized spacial score (nSPS) is 12.2. The van der Waals surface area contributed by atoms with Gasteiger partial charge < -0.3 is 9.84 Å². The molecule has 2 nitrogen and oxygen atoms in total. The third kappa shape index (κ3) is 4.55. The number of aliphatic hydroxyl groups excluding tert-OH is 1. The van der Waals surface area contributed by atoms with Crippen LogP contribution in [0.5, 0.6) is 5.75 Å². The molecule has 0 amide bonds. The van der Waals surface area contributed by atoms with Crippen LogP contribution in [0.3, 0.4) is 0 Å². The monoisotopic (exact) mass is 352 g/mol. The van der Waals surface area contributed by atoms with Gasteiger partial charge in [-0.25, -0.2) is 4.39 Å². The van der Waals surface area contributed by atoms with Crippen LogP contribution in [0.25, 0.3) is 0 Å². The lowest BCUT2D eigenvalue weighted by Gasteiger charge is -2.17. The molecule has 2 rings (SSSR count). The van der Waals surface area contributed by atoms with Crippen molar-refractivity contribution in [3.05, 3.63) is 63.9 Å². The standard InChI is InChI=1S/C17H18BrFO2/c1-21-17-6-5-15(18)10-14(17)8-13(11-20)7-12-3-2-4-16(19)9-12/h2-6,9-10,13,20H,7-8,11H2,1H3. The second-order valence-electron chi connectivity index (χ2n) is 5.04. The number of benzene rings is 2. The second kappa shape index (κ2) is 7.57. The zero-order valence-corrected chi connectivity index (χ0v) is 13.4. The van der Waals surface area contributed by atoms with Crippen LogP contribution in [-0.2, 0) is 12.8 Å². The molecule has 1 unspecified atom stereocenters. The van der Waals surface area contributed by atoms with E-state index in [0.29, 0.717) is 12.8 Å². The molecule has 0 saturated carbocycles. The van der Waals surface area contributed by atoms with E-state index < -0.39 is 0 Å². The van der Waals surface area contributed by atoms with Crippen LogP contribution >= 0.6 is 15.9 Å². The van der Waals surface area contributed by atoms with Crippen molar-refractivity contribution in [2.24, 2.45) is 5.92 Å². The highest BCUT2D eigenvalue weighted by molar-refractivity contribution is 9.10. The van der Waals surface area contributed by atoms with Gasteiger partial charge in [-0.3, -0.25) is 0 Å². The summed E-state index contributed by atoms with van der Waals surface area (Å²) in [6, 6.07) is 12.3. The lowest BCUT2D eigenvalue weighted by atomic mass is 9.93. The Morgan fingerprint density at radius 3 is 2.67 bits per heavy atom. The summed E-state index contributed by atoms with van der Waals surface area (Å²) in [5.74, 6) is 0.579. The van der Waals surface area contributed by atoms with Gasteiger partial charge in [-0.15, -0.1) is 0 Å². The van der Waals surface area contributed by atoms with Crippen molar-refractivity contribution in [1.29, 1.82) is 0 Å². The first kappa shape index (κ1) is 16.0. The molecular formula is C17H18BrFO2. The molecule has 1 atom stereocenters. The summed E-state index contributed by atoms with van der Waals surface area (Å²) < 4.78 is 19.6. The first-order chi connectivity index (χ1) is 10.1. The zero-order chi connectivity index (χ0) is 15.2. The summed E-state index contributed by atoms with van der Waals surface area (Å²) in [6.45, 7) is 0.0478. The third-order valence-electron chi connectivity index (χ3n) is 3.42. The molecular weight excluding hydrogens is 335 g/mol. The van der Waals surface area contributed by atoms with E-state index in [1.807, 2.05) is 24.3 Å². The fourth-order valence-electron chi connectivity index (χ4n) is 2.42. The Morgan fingerprint density at radius 1 is 1.19 bits per heavy atom. The Hall–Kier alpha value is -1.39. The first-order valence-corrected chi connectivity index (χ1v) is 7.59. The van der Waals surface area contributed by atoms with Gasteiger partial charge in [0.25, 0.3) is 0 Å². The van der Waals surface area contributed by atoms with E-state index in [0.717, 1.165) is 21.3 Å². The molecule has 112 valence electrons. The molecule has 0 spiro atoms. The van der Waals surface area contributed by atoms with E-state index >= 15 is 0 Å². The largest absolute Gasteiger partial charge is 0.496 e. The highest BCUT2D eigenvalue weighted by atomic mass is 79.9. The molecule has 0 saturated heterocycles. The minimum absolute atomic E-state index is 0.0231. The zero-order valence-electron chi connectivity index (χ0n) is 11.9. The van der Waals surface area contributed by atoms with Crippen molar-refractivity contribution in [1.82, 2.24) is 0 Å². The molecule has 0 heterocycles. The van der Waals surface area contributed by atoms with Crippen molar-refractivity contribution < 1.29 is 14.2 Å². The maximum atomic E-state index is 13.2. The minimum Gasteiger partial charge on any atom is -0.496 e. The predicted octanol–water partition coefficient (Wildman–Crippen LogP) is 3.99. The molecule has 2 aromatic carbocycles. The number of ether oxygens (including phenoxy) is 1. The summed E-state index contributed by atoms with van der Waals surface area (Å²) in [6.07, 6.45) is 1.31. The van der Waals surface area contributed by atoms with Gasteiger partial charge in [0.15, 0.2) is 0 Å². The van der Waals surface area contributed by atoms with Crippen LogP contribution in [0.4, 0.5) is 4.39 Å². The quantitative estimate of drug-likeness (QED) is 0.851. The molecule has 4 heteroatoms. The molecule has 0 radical (unpaired) electrons. The van der Waals surface area contributed by atoms with Crippen molar-refractivity contribution in [2.75, 3.05) is 13.7 Å². The maximum Gasteiger partial charge on any atom is 0.123 e. The molecule has 1 N–H and O–H groups in total. The van der Waals surface area contributed by atoms with E-state index in [9.17, 15) is 9.50 Å². The van der Waals surface area contributed by atoms with Crippen LogP contribution < -0.4 is 4.74 Å². The molecule has 0 aliphatic rings.